The number of hydrogen-bond donors (Lipinski definition) is 1. The second kappa shape index (κ2) is 3.77. The number of benzene rings is 1. The van der Waals surface area contributed by atoms with Crippen molar-refractivity contribution >= 4 is 16.8 Å². The summed E-state index contributed by atoms with van der Waals surface area (Å²) in [6.07, 6.45) is 3.07. The van der Waals surface area contributed by atoms with Gasteiger partial charge in [-0.3, -0.25) is 4.79 Å². The average molecular weight is 202 g/mol. The largest absolute Gasteiger partial charge is 0.366 e. The molecule has 0 fully saturated rings. The third-order valence-electron chi connectivity index (χ3n) is 2.54. The van der Waals surface area contributed by atoms with Gasteiger partial charge in [-0.25, -0.2) is 0 Å². The van der Waals surface area contributed by atoms with E-state index in [4.69, 9.17) is 5.73 Å². The normalized spacial score (nSPS) is 10.7. The standard InChI is InChI=1S/C12H14N2O/c1-2-7-14-8-6-9-10(12(13)15)4-3-5-11(9)14/h3-6,8H,2,7H2,1H3,(H2,13,15). The smallest absolute Gasteiger partial charge is 0.249 e. The van der Waals surface area contributed by atoms with Gasteiger partial charge in [-0.1, -0.05) is 13.0 Å². The highest BCUT2D eigenvalue weighted by Gasteiger charge is 2.08. The second-order valence-electron chi connectivity index (χ2n) is 3.61. The number of nitrogens with zero attached hydrogens (tertiary/aromatic N) is 1. The van der Waals surface area contributed by atoms with Gasteiger partial charge in [0.2, 0.25) is 5.91 Å². The summed E-state index contributed by atoms with van der Waals surface area (Å²) in [4.78, 5) is 11.2. The fourth-order valence-electron chi connectivity index (χ4n) is 1.87. The molecule has 15 heavy (non-hydrogen) atoms. The maximum Gasteiger partial charge on any atom is 0.249 e. The summed E-state index contributed by atoms with van der Waals surface area (Å²) in [6, 6.07) is 7.60. The van der Waals surface area contributed by atoms with E-state index < -0.39 is 0 Å². The summed E-state index contributed by atoms with van der Waals surface area (Å²) < 4.78 is 2.14. The van der Waals surface area contributed by atoms with Crippen LogP contribution in [0.25, 0.3) is 10.9 Å². The zero-order chi connectivity index (χ0) is 10.8. The van der Waals surface area contributed by atoms with Gasteiger partial charge in [0.15, 0.2) is 0 Å². The number of aromatic nitrogens is 1. The van der Waals surface area contributed by atoms with Crippen LogP contribution in [0.1, 0.15) is 23.7 Å². The predicted octanol–water partition coefficient (Wildman–Crippen LogP) is 2.15. The number of nitrogens with two attached hydrogens (primary N) is 1. The first-order chi connectivity index (χ1) is 7.24. The van der Waals surface area contributed by atoms with Gasteiger partial charge in [0.05, 0.1) is 0 Å². The molecule has 2 rings (SSSR count). The minimum Gasteiger partial charge on any atom is -0.366 e. The van der Waals surface area contributed by atoms with Crippen LogP contribution < -0.4 is 5.73 Å². The van der Waals surface area contributed by atoms with Crippen molar-refractivity contribution in [3.8, 4) is 0 Å². The molecular weight excluding hydrogens is 188 g/mol. The molecule has 0 aliphatic heterocycles. The molecule has 2 N–H and O–H groups in total. The number of hydrogen-bond acceptors (Lipinski definition) is 1. The number of aryl methyl sites for hydroxylation is 1. The highest BCUT2D eigenvalue weighted by Crippen LogP contribution is 2.20. The van der Waals surface area contributed by atoms with E-state index in [9.17, 15) is 4.79 Å². The fraction of sp³-hybridized carbons (Fsp3) is 0.250. The first kappa shape index (κ1) is 9.77. The number of amides is 1. The Labute approximate surface area is 88.5 Å². The van der Waals surface area contributed by atoms with Crippen molar-refractivity contribution in [3.05, 3.63) is 36.0 Å². The molecule has 1 amide bonds. The van der Waals surface area contributed by atoms with E-state index in [1.807, 2.05) is 24.4 Å². The minimum absolute atomic E-state index is 0.366. The molecule has 0 radical (unpaired) electrons. The van der Waals surface area contributed by atoms with Crippen molar-refractivity contribution in [3.63, 3.8) is 0 Å². The van der Waals surface area contributed by atoms with E-state index in [-0.39, 0.29) is 5.91 Å². The number of fused-ring (bicyclic) bond motifs is 1. The highest BCUT2D eigenvalue weighted by atomic mass is 16.1. The van der Waals surface area contributed by atoms with Crippen molar-refractivity contribution in [2.24, 2.45) is 5.73 Å². The van der Waals surface area contributed by atoms with E-state index in [0.29, 0.717) is 5.56 Å². The van der Waals surface area contributed by atoms with Gasteiger partial charge in [0.25, 0.3) is 0 Å². The number of primary amides is 1. The van der Waals surface area contributed by atoms with Crippen LogP contribution in [0.15, 0.2) is 30.5 Å². The molecule has 0 aliphatic rings. The Morgan fingerprint density at radius 1 is 1.40 bits per heavy atom. The molecule has 0 saturated heterocycles. The number of rotatable bonds is 3. The lowest BCUT2D eigenvalue weighted by atomic mass is 10.1. The first-order valence-corrected chi connectivity index (χ1v) is 5.11. The minimum atomic E-state index is -0.366. The zero-order valence-electron chi connectivity index (χ0n) is 8.73. The van der Waals surface area contributed by atoms with Gasteiger partial charge in [-0.05, 0) is 24.6 Å². The summed E-state index contributed by atoms with van der Waals surface area (Å²) in [6.45, 7) is 3.09. The molecule has 1 aromatic heterocycles. The summed E-state index contributed by atoms with van der Waals surface area (Å²) in [5, 5.41) is 0.943. The Balaban J connectivity index is 2.63. The highest BCUT2D eigenvalue weighted by molar-refractivity contribution is 6.05. The third kappa shape index (κ3) is 1.61. The quantitative estimate of drug-likeness (QED) is 0.814. The summed E-state index contributed by atoms with van der Waals surface area (Å²) in [7, 11) is 0. The predicted molar refractivity (Wildman–Crippen MR) is 60.7 cm³/mol. The maximum atomic E-state index is 11.2. The lowest BCUT2D eigenvalue weighted by molar-refractivity contribution is 0.100. The molecule has 1 heterocycles. The van der Waals surface area contributed by atoms with E-state index in [1.54, 1.807) is 6.07 Å². The molecule has 78 valence electrons. The third-order valence-corrected chi connectivity index (χ3v) is 2.54. The van der Waals surface area contributed by atoms with E-state index in [0.717, 1.165) is 23.9 Å². The second-order valence-corrected chi connectivity index (χ2v) is 3.61. The van der Waals surface area contributed by atoms with Crippen molar-refractivity contribution in [2.75, 3.05) is 0 Å². The molecular formula is C12H14N2O. The van der Waals surface area contributed by atoms with E-state index in [2.05, 4.69) is 11.5 Å². The van der Waals surface area contributed by atoms with Crippen LogP contribution in [0.2, 0.25) is 0 Å². The van der Waals surface area contributed by atoms with Gasteiger partial charge >= 0.3 is 0 Å². The van der Waals surface area contributed by atoms with Crippen LogP contribution >= 0.6 is 0 Å². The molecule has 0 spiro atoms. The first-order valence-electron chi connectivity index (χ1n) is 5.11. The van der Waals surface area contributed by atoms with Gasteiger partial charge in [0, 0.05) is 29.2 Å². The average Bonchev–Trinajstić information content (AvgIpc) is 2.62. The Morgan fingerprint density at radius 2 is 2.20 bits per heavy atom. The summed E-state index contributed by atoms with van der Waals surface area (Å²) in [5.74, 6) is -0.366. The lowest BCUT2D eigenvalue weighted by Gasteiger charge is -2.03. The van der Waals surface area contributed by atoms with Crippen LogP contribution in [-0.4, -0.2) is 10.5 Å². The van der Waals surface area contributed by atoms with Crippen LogP contribution in [0.4, 0.5) is 0 Å². The van der Waals surface area contributed by atoms with Crippen molar-refractivity contribution in [1.82, 2.24) is 4.57 Å². The SMILES string of the molecule is CCCn1ccc2c(C(N)=O)cccc21. The molecule has 0 saturated carbocycles. The molecule has 2 aromatic rings. The Morgan fingerprint density at radius 3 is 2.87 bits per heavy atom. The van der Waals surface area contributed by atoms with Gasteiger partial charge in [-0.2, -0.15) is 0 Å². The van der Waals surface area contributed by atoms with Crippen LogP contribution in [0.5, 0.6) is 0 Å². The van der Waals surface area contributed by atoms with Crippen molar-refractivity contribution in [2.45, 2.75) is 19.9 Å². The van der Waals surface area contributed by atoms with Gasteiger partial charge in [-0.15, -0.1) is 0 Å². The van der Waals surface area contributed by atoms with Crippen molar-refractivity contribution in [1.29, 1.82) is 0 Å². The zero-order valence-corrected chi connectivity index (χ0v) is 8.73. The van der Waals surface area contributed by atoms with Gasteiger partial charge in [0.1, 0.15) is 0 Å². The summed E-state index contributed by atoms with van der Waals surface area (Å²) in [5.41, 5.74) is 6.99. The molecule has 0 aliphatic carbocycles. The Hall–Kier alpha value is -1.77. The van der Waals surface area contributed by atoms with E-state index >= 15 is 0 Å². The summed E-state index contributed by atoms with van der Waals surface area (Å²) >= 11 is 0. The number of carbonyl (C=O) groups excluding carboxylic acids is 1. The molecule has 3 nitrogen and oxygen atoms in total. The van der Waals surface area contributed by atoms with Crippen LogP contribution in [0.3, 0.4) is 0 Å². The Bertz CT molecular complexity index is 499. The van der Waals surface area contributed by atoms with Gasteiger partial charge < -0.3 is 10.3 Å². The molecule has 0 atom stereocenters. The van der Waals surface area contributed by atoms with Crippen LogP contribution in [-0.2, 0) is 6.54 Å². The topological polar surface area (TPSA) is 48.0 Å². The molecule has 3 heteroatoms. The monoisotopic (exact) mass is 202 g/mol. The molecule has 1 aromatic carbocycles. The Kier molecular flexibility index (Phi) is 2.46. The molecule has 0 bridgehead atoms. The van der Waals surface area contributed by atoms with E-state index in [1.165, 1.54) is 0 Å². The van der Waals surface area contributed by atoms with Crippen molar-refractivity contribution < 1.29 is 4.79 Å². The molecule has 0 unspecified atom stereocenters. The number of carbonyl (C=O) groups is 1. The lowest BCUT2D eigenvalue weighted by Crippen LogP contribution is -2.11. The maximum absolute atomic E-state index is 11.2. The fourth-order valence-corrected chi connectivity index (χ4v) is 1.87. The van der Waals surface area contributed by atoms with Crippen LogP contribution in [0, 0.1) is 0 Å².